The molecule has 0 saturated heterocycles. The Morgan fingerprint density at radius 2 is 1.53 bits per heavy atom. The molecule has 0 atom stereocenters. The summed E-state index contributed by atoms with van der Waals surface area (Å²) in [6, 6.07) is 26.6. The van der Waals surface area contributed by atoms with Gasteiger partial charge in [-0.1, -0.05) is 84.0 Å². The number of rotatable bonds is 10. The quantitative estimate of drug-likeness (QED) is 0.289. The highest BCUT2D eigenvalue weighted by atomic mass is 16.6. The van der Waals surface area contributed by atoms with Gasteiger partial charge in [0, 0.05) is 13.1 Å². The zero-order valence-corrected chi connectivity index (χ0v) is 17.0. The van der Waals surface area contributed by atoms with Gasteiger partial charge in [-0.2, -0.15) is 0 Å². The Balaban J connectivity index is 1.48. The lowest BCUT2D eigenvalue weighted by Gasteiger charge is -2.06. The second kappa shape index (κ2) is 10.9. The van der Waals surface area contributed by atoms with Crippen LogP contribution in [0.4, 0.5) is 0 Å². The van der Waals surface area contributed by atoms with Crippen LogP contribution in [-0.2, 0) is 22.8 Å². The molecule has 0 aliphatic heterocycles. The minimum Gasteiger partial charge on any atom is -0.481 e. The maximum absolute atomic E-state index is 10.5. The Morgan fingerprint density at radius 1 is 0.900 bits per heavy atom. The first-order valence-electron chi connectivity index (χ1n) is 9.94. The van der Waals surface area contributed by atoms with Crippen LogP contribution in [0.25, 0.3) is 11.1 Å². The summed E-state index contributed by atoms with van der Waals surface area (Å²) >= 11 is 0. The topological polar surface area (TPSA) is 70.9 Å². The fraction of sp³-hybridized carbons (Fsp3) is 0.200. The number of aliphatic carboxylic acids is 1. The van der Waals surface area contributed by atoms with Crippen LogP contribution in [0.2, 0.25) is 0 Å². The molecule has 3 aromatic rings. The lowest BCUT2D eigenvalue weighted by molar-refractivity contribution is -0.136. The van der Waals surface area contributed by atoms with Crippen LogP contribution < -0.4 is 5.32 Å². The van der Waals surface area contributed by atoms with Crippen molar-refractivity contribution in [1.82, 2.24) is 5.32 Å². The van der Waals surface area contributed by atoms with Crippen molar-refractivity contribution in [3.8, 4) is 11.1 Å². The van der Waals surface area contributed by atoms with Gasteiger partial charge in [-0.3, -0.25) is 4.79 Å². The van der Waals surface area contributed by atoms with Gasteiger partial charge in [-0.25, -0.2) is 0 Å². The monoisotopic (exact) mass is 402 g/mol. The van der Waals surface area contributed by atoms with Gasteiger partial charge in [-0.15, -0.1) is 0 Å². The lowest BCUT2D eigenvalue weighted by Crippen LogP contribution is -2.17. The van der Waals surface area contributed by atoms with E-state index in [2.05, 4.69) is 46.9 Å². The molecule has 5 heteroatoms. The van der Waals surface area contributed by atoms with Crippen LogP contribution in [0.5, 0.6) is 0 Å². The van der Waals surface area contributed by atoms with E-state index in [4.69, 9.17) is 9.94 Å². The minimum atomic E-state index is -0.795. The third-order valence-corrected chi connectivity index (χ3v) is 4.71. The number of carboxylic acids is 1. The number of benzene rings is 3. The molecule has 154 valence electrons. The Morgan fingerprint density at radius 3 is 2.20 bits per heavy atom. The molecule has 0 aliphatic rings. The van der Waals surface area contributed by atoms with Gasteiger partial charge in [0.25, 0.3) is 0 Å². The molecule has 0 spiro atoms. The first kappa shape index (κ1) is 21.3. The van der Waals surface area contributed by atoms with Gasteiger partial charge < -0.3 is 15.3 Å². The highest BCUT2D eigenvalue weighted by molar-refractivity contribution is 5.98. The molecule has 0 heterocycles. The Bertz CT molecular complexity index is 966. The summed E-state index contributed by atoms with van der Waals surface area (Å²) in [6.07, 6.45) is 0.121. The Kier molecular flexibility index (Phi) is 7.75. The second-order valence-electron chi connectivity index (χ2n) is 7.03. The predicted octanol–water partition coefficient (Wildman–Crippen LogP) is 4.86. The zero-order chi connectivity index (χ0) is 21.2. The summed E-state index contributed by atoms with van der Waals surface area (Å²) in [5.41, 5.74) is 6.33. The number of nitrogens with zero attached hydrogens (tertiary/aromatic N) is 1. The predicted molar refractivity (Wildman–Crippen MR) is 119 cm³/mol. The molecular weight excluding hydrogens is 376 g/mol. The van der Waals surface area contributed by atoms with E-state index < -0.39 is 5.97 Å². The SMILES string of the molecule is CC(=NOCc1ccc(-c2ccccc2)cc1)c1ccc(CNCCC(=O)O)cc1. The number of carboxylic acid groups (broad SMARTS) is 1. The van der Waals surface area contributed by atoms with Crippen LogP contribution in [0, 0.1) is 0 Å². The summed E-state index contributed by atoms with van der Waals surface area (Å²) in [5, 5.41) is 16.0. The number of hydrogen-bond acceptors (Lipinski definition) is 4. The largest absolute Gasteiger partial charge is 0.481 e. The fourth-order valence-electron chi connectivity index (χ4n) is 2.97. The second-order valence-corrected chi connectivity index (χ2v) is 7.03. The van der Waals surface area contributed by atoms with Crippen molar-refractivity contribution < 1.29 is 14.7 Å². The van der Waals surface area contributed by atoms with E-state index in [1.165, 1.54) is 11.1 Å². The average molecular weight is 402 g/mol. The summed E-state index contributed by atoms with van der Waals surface area (Å²) in [4.78, 5) is 16.0. The van der Waals surface area contributed by atoms with Crippen molar-refractivity contribution in [2.45, 2.75) is 26.5 Å². The lowest BCUT2D eigenvalue weighted by atomic mass is 10.0. The van der Waals surface area contributed by atoms with Crippen LogP contribution in [0.1, 0.15) is 30.0 Å². The normalized spacial score (nSPS) is 11.3. The molecular formula is C25H26N2O3. The van der Waals surface area contributed by atoms with Gasteiger partial charge in [0.2, 0.25) is 0 Å². The maximum atomic E-state index is 10.5. The average Bonchev–Trinajstić information content (AvgIpc) is 2.78. The molecule has 0 amide bonds. The molecule has 0 unspecified atom stereocenters. The van der Waals surface area contributed by atoms with E-state index in [0.717, 1.165) is 22.4 Å². The van der Waals surface area contributed by atoms with E-state index in [1.54, 1.807) is 0 Å². The van der Waals surface area contributed by atoms with Gasteiger partial charge in [0.15, 0.2) is 0 Å². The number of hydrogen-bond donors (Lipinski definition) is 2. The van der Waals surface area contributed by atoms with E-state index in [1.807, 2.05) is 49.4 Å². The van der Waals surface area contributed by atoms with Crippen molar-refractivity contribution in [2.75, 3.05) is 6.54 Å². The number of oxime groups is 1. The van der Waals surface area contributed by atoms with Crippen LogP contribution >= 0.6 is 0 Å². The molecule has 0 fully saturated rings. The Labute approximate surface area is 177 Å². The minimum absolute atomic E-state index is 0.121. The molecule has 2 N–H and O–H groups in total. The molecule has 0 radical (unpaired) electrons. The van der Waals surface area contributed by atoms with Gasteiger partial charge in [-0.05, 0) is 34.7 Å². The standard InChI is InChI=1S/C25H26N2O3/c1-19(22-11-7-20(8-12-22)17-26-16-15-25(28)29)27-30-18-21-9-13-24(14-10-21)23-5-3-2-4-6-23/h2-14,26H,15-18H2,1H3,(H,28,29). The smallest absolute Gasteiger partial charge is 0.304 e. The van der Waals surface area contributed by atoms with Crippen molar-refractivity contribution in [2.24, 2.45) is 5.16 Å². The molecule has 0 aliphatic carbocycles. The highest BCUT2D eigenvalue weighted by Crippen LogP contribution is 2.19. The summed E-state index contributed by atoms with van der Waals surface area (Å²) in [7, 11) is 0. The summed E-state index contributed by atoms with van der Waals surface area (Å²) in [5.74, 6) is -0.795. The van der Waals surface area contributed by atoms with Crippen LogP contribution in [0.15, 0.2) is 84.0 Å². The molecule has 3 rings (SSSR count). The highest BCUT2D eigenvalue weighted by Gasteiger charge is 2.02. The fourth-order valence-corrected chi connectivity index (χ4v) is 2.97. The molecule has 5 nitrogen and oxygen atoms in total. The van der Waals surface area contributed by atoms with Crippen molar-refractivity contribution in [3.05, 3.63) is 95.6 Å². The summed E-state index contributed by atoms with van der Waals surface area (Å²) in [6.45, 7) is 3.42. The van der Waals surface area contributed by atoms with Gasteiger partial charge in [0.1, 0.15) is 6.61 Å². The summed E-state index contributed by atoms with van der Waals surface area (Å²) < 4.78 is 0. The molecule has 0 saturated carbocycles. The Hall–Kier alpha value is -3.44. The van der Waals surface area contributed by atoms with Crippen molar-refractivity contribution in [1.29, 1.82) is 0 Å². The van der Waals surface area contributed by atoms with E-state index >= 15 is 0 Å². The van der Waals surface area contributed by atoms with E-state index in [-0.39, 0.29) is 6.42 Å². The van der Waals surface area contributed by atoms with E-state index in [0.29, 0.717) is 19.7 Å². The molecule has 0 aromatic heterocycles. The molecule has 30 heavy (non-hydrogen) atoms. The number of nitrogens with one attached hydrogen (secondary N) is 1. The first-order chi connectivity index (χ1) is 14.6. The van der Waals surface area contributed by atoms with Crippen LogP contribution in [0.3, 0.4) is 0 Å². The van der Waals surface area contributed by atoms with Gasteiger partial charge in [0.05, 0.1) is 12.1 Å². The molecule has 0 bridgehead atoms. The first-order valence-corrected chi connectivity index (χ1v) is 9.94. The van der Waals surface area contributed by atoms with Crippen LogP contribution in [-0.4, -0.2) is 23.3 Å². The third-order valence-electron chi connectivity index (χ3n) is 4.71. The van der Waals surface area contributed by atoms with Crippen molar-refractivity contribution in [3.63, 3.8) is 0 Å². The molecule has 3 aromatic carbocycles. The number of carbonyl (C=O) groups is 1. The van der Waals surface area contributed by atoms with E-state index in [9.17, 15) is 4.79 Å². The third kappa shape index (κ3) is 6.57. The zero-order valence-electron chi connectivity index (χ0n) is 17.0. The van der Waals surface area contributed by atoms with Gasteiger partial charge >= 0.3 is 5.97 Å². The van der Waals surface area contributed by atoms with Crippen molar-refractivity contribution >= 4 is 11.7 Å². The maximum Gasteiger partial charge on any atom is 0.304 e.